The van der Waals surface area contributed by atoms with E-state index >= 15 is 0 Å². The van der Waals surface area contributed by atoms with Crippen LogP contribution in [0.25, 0.3) is 10.9 Å². The van der Waals surface area contributed by atoms with Crippen LogP contribution in [0.1, 0.15) is 17.5 Å². The number of amides is 1. The molecule has 1 unspecified atom stereocenters. The summed E-state index contributed by atoms with van der Waals surface area (Å²) in [5, 5.41) is 1.29. The van der Waals surface area contributed by atoms with Crippen LogP contribution in [0.15, 0.2) is 79.0 Å². The molecule has 1 atom stereocenters. The molecule has 3 aromatic carbocycles. The second-order valence-corrected chi connectivity index (χ2v) is 10.1. The van der Waals surface area contributed by atoms with E-state index in [1.165, 1.54) is 22.2 Å². The zero-order valence-electron chi connectivity index (χ0n) is 21.4. The van der Waals surface area contributed by atoms with Crippen LogP contribution in [-0.4, -0.2) is 61.7 Å². The zero-order valence-corrected chi connectivity index (χ0v) is 21.4. The first kappa shape index (κ1) is 23.6. The lowest BCUT2D eigenvalue weighted by molar-refractivity contribution is -0.118. The highest BCUT2D eigenvalue weighted by molar-refractivity contribution is 5.96. The minimum atomic E-state index is 0.167. The molecular formula is C31H34N4O2. The third-order valence-corrected chi connectivity index (χ3v) is 7.90. The minimum absolute atomic E-state index is 0.167. The van der Waals surface area contributed by atoms with E-state index in [0.29, 0.717) is 6.42 Å². The number of methoxy groups -OCH3 is 1. The van der Waals surface area contributed by atoms with Crippen molar-refractivity contribution in [3.8, 4) is 5.75 Å². The normalized spacial score (nSPS) is 18.1. The van der Waals surface area contributed by atoms with Crippen LogP contribution in [0, 0.1) is 0 Å². The number of rotatable bonds is 6. The van der Waals surface area contributed by atoms with Crippen LogP contribution in [0.4, 0.5) is 11.4 Å². The number of anilines is 2. The number of ether oxygens (including phenoxy) is 1. The maximum absolute atomic E-state index is 13.7. The van der Waals surface area contributed by atoms with Crippen molar-refractivity contribution in [2.24, 2.45) is 0 Å². The number of aryl methyl sites for hydroxylation is 1. The van der Waals surface area contributed by atoms with Crippen LogP contribution in [-0.2, 0) is 17.6 Å². The van der Waals surface area contributed by atoms with Crippen LogP contribution in [0.5, 0.6) is 5.75 Å². The zero-order chi connectivity index (χ0) is 25.2. The van der Waals surface area contributed by atoms with Crippen molar-refractivity contribution in [2.75, 3.05) is 49.6 Å². The Morgan fingerprint density at radius 3 is 2.51 bits per heavy atom. The highest BCUT2D eigenvalue weighted by Gasteiger charge is 2.33. The molecule has 0 spiro atoms. The molecule has 0 saturated carbocycles. The summed E-state index contributed by atoms with van der Waals surface area (Å²) in [5.41, 5.74) is 5.86. The summed E-state index contributed by atoms with van der Waals surface area (Å²) in [6.45, 7) is 4.89. The third-order valence-electron chi connectivity index (χ3n) is 7.90. The van der Waals surface area contributed by atoms with E-state index in [0.717, 1.165) is 62.6 Å². The second kappa shape index (κ2) is 10.3. The molecule has 1 amide bonds. The van der Waals surface area contributed by atoms with Crippen LogP contribution in [0.2, 0.25) is 0 Å². The predicted octanol–water partition coefficient (Wildman–Crippen LogP) is 4.89. The number of H-pyrrole nitrogens is 1. The predicted molar refractivity (Wildman–Crippen MR) is 150 cm³/mol. The Kier molecular flexibility index (Phi) is 6.58. The molecule has 0 bridgehead atoms. The van der Waals surface area contributed by atoms with Gasteiger partial charge in [0.15, 0.2) is 0 Å². The van der Waals surface area contributed by atoms with Gasteiger partial charge < -0.3 is 19.5 Å². The van der Waals surface area contributed by atoms with Crippen molar-refractivity contribution < 1.29 is 9.53 Å². The molecule has 6 heteroatoms. The number of nitrogens with one attached hydrogen (secondary N) is 1. The molecule has 190 valence electrons. The first-order valence-electron chi connectivity index (χ1n) is 13.3. The van der Waals surface area contributed by atoms with Gasteiger partial charge in [0.05, 0.1) is 13.5 Å². The van der Waals surface area contributed by atoms with Gasteiger partial charge in [-0.05, 0) is 60.4 Å². The van der Waals surface area contributed by atoms with Gasteiger partial charge in [-0.3, -0.25) is 9.69 Å². The van der Waals surface area contributed by atoms with E-state index in [2.05, 4.69) is 68.2 Å². The fourth-order valence-corrected chi connectivity index (χ4v) is 5.93. The number of aromatic nitrogens is 1. The number of carbonyl (C=O) groups excluding carboxylic acids is 1. The van der Waals surface area contributed by atoms with Gasteiger partial charge in [0, 0.05) is 67.2 Å². The van der Waals surface area contributed by atoms with Gasteiger partial charge in [0.2, 0.25) is 5.91 Å². The van der Waals surface area contributed by atoms with E-state index in [1.807, 2.05) is 30.5 Å². The lowest BCUT2D eigenvalue weighted by Crippen LogP contribution is -2.54. The maximum Gasteiger partial charge on any atom is 0.231 e. The number of carbonyl (C=O) groups is 1. The second-order valence-electron chi connectivity index (χ2n) is 10.1. The number of fused-ring (bicyclic) bond motifs is 2. The Labute approximate surface area is 218 Å². The molecule has 1 aromatic heterocycles. The molecule has 37 heavy (non-hydrogen) atoms. The summed E-state index contributed by atoms with van der Waals surface area (Å²) in [6.07, 6.45) is 4.42. The molecule has 3 heterocycles. The van der Waals surface area contributed by atoms with Gasteiger partial charge in [-0.1, -0.05) is 36.4 Å². The van der Waals surface area contributed by atoms with Crippen molar-refractivity contribution in [3.63, 3.8) is 0 Å². The Bertz CT molecular complexity index is 1370. The van der Waals surface area contributed by atoms with Gasteiger partial charge in [-0.2, -0.15) is 0 Å². The van der Waals surface area contributed by atoms with E-state index in [9.17, 15) is 4.79 Å². The van der Waals surface area contributed by atoms with Gasteiger partial charge in [0.25, 0.3) is 0 Å². The maximum atomic E-state index is 13.7. The molecule has 0 radical (unpaired) electrons. The monoisotopic (exact) mass is 494 g/mol. The number of aromatic amines is 1. The fraction of sp³-hybridized carbons (Fsp3) is 0.323. The summed E-state index contributed by atoms with van der Waals surface area (Å²) >= 11 is 0. The van der Waals surface area contributed by atoms with Gasteiger partial charge in [0.1, 0.15) is 5.75 Å². The summed E-state index contributed by atoms with van der Waals surface area (Å²) < 4.78 is 5.29. The van der Waals surface area contributed by atoms with Crippen molar-refractivity contribution in [1.82, 2.24) is 9.88 Å². The van der Waals surface area contributed by atoms with Gasteiger partial charge in [-0.25, -0.2) is 0 Å². The molecule has 6 nitrogen and oxygen atoms in total. The standard InChI is InChI=1S/C31H34N4O2/c1-37-26-13-9-23(10-14-26)21-31(36)35-25(12-11-24-5-2-3-7-29(24)35)22-33-17-19-34(20-18-33)30-8-4-6-28-27(30)15-16-32-28/h2-10,13-16,25,32H,11-12,17-22H2,1H3. The number of benzene rings is 3. The van der Waals surface area contributed by atoms with Crippen LogP contribution < -0.4 is 14.5 Å². The smallest absolute Gasteiger partial charge is 0.231 e. The number of nitrogens with zero attached hydrogens (tertiary/aromatic N) is 3. The Morgan fingerprint density at radius 1 is 0.919 bits per heavy atom. The van der Waals surface area contributed by atoms with Gasteiger partial charge >= 0.3 is 0 Å². The van der Waals surface area contributed by atoms with Gasteiger partial charge in [-0.15, -0.1) is 0 Å². The highest BCUT2D eigenvalue weighted by atomic mass is 16.5. The van der Waals surface area contributed by atoms with Crippen molar-refractivity contribution in [1.29, 1.82) is 0 Å². The van der Waals surface area contributed by atoms with E-state index in [4.69, 9.17) is 4.74 Å². The third kappa shape index (κ3) is 4.81. The summed E-state index contributed by atoms with van der Waals surface area (Å²) in [7, 11) is 1.66. The van der Waals surface area contributed by atoms with Crippen LogP contribution in [0.3, 0.4) is 0 Å². The van der Waals surface area contributed by atoms with Crippen LogP contribution >= 0.6 is 0 Å². The number of hydrogen-bond donors (Lipinski definition) is 1. The van der Waals surface area contributed by atoms with Crippen molar-refractivity contribution >= 4 is 28.2 Å². The summed E-state index contributed by atoms with van der Waals surface area (Å²) in [4.78, 5) is 24.2. The molecule has 1 N–H and O–H groups in total. The molecule has 2 aliphatic rings. The first-order chi connectivity index (χ1) is 18.2. The highest BCUT2D eigenvalue weighted by Crippen LogP contribution is 2.32. The largest absolute Gasteiger partial charge is 0.497 e. The lowest BCUT2D eigenvalue weighted by Gasteiger charge is -2.42. The average molecular weight is 495 g/mol. The quantitative estimate of drug-likeness (QED) is 0.415. The fourth-order valence-electron chi connectivity index (χ4n) is 5.93. The number of piperazine rings is 1. The minimum Gasteiger partial charge on any atom is -0.497 e. The molecule has 4 aromatic rings. The Hall–Kier alpha value is -3.77. The first-order valence-corrected chi connectivity index (χ1v) is 13.3. The molecule has 0 aliphatic carbocycles. The molecule has 2 aliphatic heterocycles. The van der Waals surface area contributed by atoms with E-state index in [1.54, 1.807) is 7.11 Å². The molecular weight excluding hydrogens is 460 g/mol. The molecule has 6 rings (SSSR count). The SMILES string of the molecule is COc1ccc(CC(=O)N2c3ccccc3CCC2CN2CCN(c3cccc4[nH]ccc34)CC2)cc1. The number of para-hydroxylation sites is 1. The molecule has 1 saturated heterocycles. The number of hydrogen-bond acceptors (Lipinski definition) is 4. The van der Waals surface area contributed by atoms with Crippen molar-refractivity contribution in [2.45, 2.75) is 25.3 Å². The Morgan fingerprint density at radius 2 is 1.70 bits per heavy atom. The summed E-state index contributed by atoms with van der Waals surface area (Å²) in [6, 6.07) is 25.1. The van der Waals surface area contributed by atoms with E-state index in [-0.39, 0.29) is 11.9 Å². The topological polar surface area (TPSA) is 51.8 Å². The Balaban J connectivity index is 1.16. The van der Waals surface area contributed by atoms with Crippen molar-refractivity contribution in [3.05, 3.63) is 90.1 Å². The summed E-state index contributed by atoms with van der Waals surface area (Å²) in [5.74, 6) is 0.976. The van der Waals surface area contributed by atoms with E-state index < -0.39 is 0 Å². The molecule has 1 fully saturated rings. The lowest BCUT2D eigenvalue weighted by atomic mass is 9.94. The average Bonchev–Trinajstić information content (AvgIpc) is 3.43.